The Morgan fingerprint density at radius 1 is 1.38 bits per heavy atom. The Labute approximate surface area is 121 Å². The van der Waals surface area contributed by atoms with Crippen molar-refractivity contribution in [3.05, 3.63) is 39.4 Å². The predicted octanol–water partition coefficient (Wildman–Crippen LogP) is 1.98. The molecule has 1 N–H and O–H groups in total. The molecule has 1 heterocycles. The molecular formula is C14H16N2O5. The number of nitrogens with zero attached hydrogens (tertiary/aromatic N) is 2. The minimum Gasteiger partial charge on any atom is -0.480 e. The maximum atomic E-state index is 12.4. The smallest absolute Gasteiger partial charge is 0.326 e. The van der Waals surface area contributed by atoms with E-state index in [1.807, 2.05) is 0 Å². The van der Waals surface area contributed by atoms with Gasteiger partial charge in [0.15, 0.2) is 0 Å². The van der Waals surface area contributed by atoms with Gasteiger partial charge in [-0.1, -0.05) is 0 Å². The van der Waals surface area contributed by atoms with Crippen molar-refractivity contribution in [2.45, 2.75) is 32.2 Å². The molecule has 0 bridgehead atoms. The lowest BCUT2D eigenvalue weighted by Crippen LogP contribution is -2.48. The summed E-state index contributed by atoms with van der Waals surface area (Å²) in [5, 5.41) is 20.0. The summed E-state index contributed by atoms with van der Waals surface area (Å²) in [4.78, 5) is 35.3. The Morgan fingerprint density at radius 2 is 2.10 bits per heavy atom. The molecule has 1 saturated heterocycles. The number of amides is 1. The van der Waals surface area contributed by atoms with Gasteiger partial charge >= 0.3 is 5.97 Å². The van der Waals surface area contributed by atoms with Crippen LogP contribution in [0.25, 0.3) is 0 Å². The highest BCUT2D eigenvalue weighted by Crippen LogP contribution is 2.23. The van der Waals surface area contributed by atoms with E-state index in [1.165, 1.54) is 23.1 Å². The number of likely N-dealkylation sites (tertiary alicyclic amines) is 1. The van der Waals surface area contributed by atoms with Crippen molar-refractivity contribution in [3.8, 4) is 0 Å². The molecule has 0 aromatic heterocycles. The van der Waals surface area contributed by atoms with Crippen LogP contribution in [0.2, 0.25) is 0 Å². The van der Waals surface area contributed by atoms with E-state index in [-0.39, 0.29) is 17.2 Å². The maximum absolute atomic E-state index is 12.4. The number of hydrogen-bond acceptors (Lipinski definition) is 4. The van der Waals surface area contributed by atoms with Crippen molar-refractivity contribution in [3.63, 3.8) is 0 Å². The van der Waals surface area contributed by atoms with Crippen LogP contribution in [0, 0.1) is 17.0 Å². The molecule has 1 aromatic carbocycles. The molecule has 1 aliphatic heterocycles. The second-order valence-corrected chi connectivity index (χ2v) is 5.11. The highest BCUT2D eigenvalue weighted by atomic mass is 16.6. The number of hydrogen-bond donors (Lipinski definition) is 1. The minimum absolute atomic E-state index is 0.0556. The monoisotopic (exact) mass is 292 g/mol. The molecular weight excluding hydrogens is 276 g/mol. The molecule has 7 heteroatoms. The first-order valence-electron chi connectivity index (χ1n) is 6.70. The summed E-state index contributed by atoms with van der Waals surface area (Å²) in [6.45, 7) is 1.95. The number of nitro groups is 1. The average Bonchev–Trinajstić information content (AvgIpc) is 2.45. The van der Waals surface area contributed by atoms with Crippen molar-refractivity contribution in [2.75, 3.05) is 6.54 Å². The quantitative estimate of drug-likeness (QED) is 0.678. The van der Waals surface area contributed by atoms with Crippen molar-refractivity contribution in [2.24, 2.45) is 0 Å². The zero-order valence-corrected chi connectivity index (χ0v) is 11.6. The molecule has 21 heavy (non-hydrogen) atoms. The van der Waals surface area contributed by atoms with Gasteiger partial charge < -0.3 is 10.0 Å². The first-order chi connectivity index (χ1) is 9.91. The summed E-state index contributed by atoms with van der Waals surface area (Å²) < 4.78 is 0. The largest absolute Gasteiger partial charge is 0.480 e. The number of carboxylic acids is 1. The van der Waals surface area contributed by atoms with Crippen molar-refractivity contribution < 1.29 is 19.6 Å². The number of benzene rings is 1. The molecule has 1 fully saturated rings. The Kier molecular flexibility index (Phi) is 4.21. The highest BCUT2D eigenvalue weighted by molar-refractivity contribution is 5.97. The van der Waals surface area contributed by atoms with Gasteiger partial charge in [0.25, 0.3) is 11.6 Å². The highest BCUT2D eigenvalue weighted by Gasteiger charge is 2.32. The second-order valence-electron chi connectivity index (χ2n) is 5.11. The van der Waals surface area contributed by atoms with Gasteiger partial charge in [0.05, 0.1) is 4.92 Å². The molecule has 0 spiro atoms. The van der Waals surface area contributed by atoms with Crippen LogP contribution in [0.3, 0.4) is 0 Å². The first kappa shape index (κ1) is 15.0. The van der Waals surface area contributed by atoms with E-state index in [1.54, 1.807) is 6.92 Å². The lowest BCUT2D eigenvalue weighted by Gasteiger charge is -2.33. The summed E-state index contributed by atoms with van der Waals surface area (Å²) >= 11 is 0. The van der Waals surface area contributed by atoms with Gasteiger partial charge in [-0.25, -0.2) is 4.79 Å². The third-order valence-corrected chi connectivity index (χ3v) is 3.69. The van der Waals surface area contributed by atoms with E-state index in [0.717, 1.165) is 12.8 Å². The van der Waals surface area contributed by atoms with Crippen LogP contribution in [-0.2, 0) is 4.79 Å². The molecule has 0 radical (unpaired) electrons. The van der Waals surface area contributed by atoms with Crippen LogP contribution < -0.4 is 0 Å². The molecule has 1 aromatic rings. The topological polar surface area (TPSA) is 101 Å². The fourth-order valence-electron chi connectivity index (χ4n) is 2.59. The van der Waals surface area contributed by atoms with Crippen molar-refractivity contribution >= 4 is 17.6 Å². The number of carbonyl (C=O) groups is 2. The van der Waals surface area contributed by atoms with Gasteiger partial charge in [-0.3, -0.25) is 14.9 Å². The molecule has 112 valence electrons. The van der Waals surface area contributed by atoms with Crippen LogP contribution in [0.15, 0.2) is 18.2 Å². The van der Waals surface area contributed by atoms with Gasteiger partial charge in [0, 0.05) is 23.7 Å². The summed E-state index contributed by atoms with van der Waals surface area (Å²) in [5.41, 5.74) is 0.612. The van der Waals surface area contributed by atoms with E-state index in [0.29, 0.717) is 18.5 Å². The van der Waals surface area contributed by atoms with Crippen molar-refractivity contribution in [1.29, 1.82) is 0 Å². The third-order valence-electron chi connectivity index (χ3n) is 3.69. The first-order valence-corrected chi connectivity index (χ1v) is 6.70. The summed E-state index contributed by atoms with van der Waals surface area (Å²) in [6.07, 6.45) is 1.98. The zero-order chi connectivity index (χ0) is 15.6. The van der Waals surface area contributed by atoms with Gasteiger partial charge in [-0.15, -0.1) is 0 Å². The van der Waals surface area contributed by atoms with Crippen LogP contribution in [-0.4, -0.2) is 39.4 Å². The second kappa shape index (κ2) is 5.90. The van der Waals surface area contributed by atoms with Crippen LogP contribution >= 0.6 is 0 Å². The van der Waals surface area contributed by atoms with Crippen LogP contribution in [0.5, 0.6) is 0 Å². The molecule has 1 atom stereocenters. The Bertz CT molecular complexity index is 599. The number of nitro benzene ring substituents is 1. The lowest BCUT2D eigenvalue weighted by atomic mass is 10.00. The standard InChI is InChI=1S/C14H16N2O5/c1-9-8-10(5-6-11(9)16(20)21)13(17)15-7-3-2-4-12(15)14(18)19/h5-6,8,12H,2-4,7H2,1H3,(H,18,19)/t12-/m0/s1. The van der Waals surface area contributed by atoms with Gasteiger partial charge in [-0.05, 0) is 38.3 Å². The summed E-state index contributed by atoms with van der Waals surface area (Å²) in [7, 11) is 0. The number of aryl methyl sites for hydroxylation is 1. The van der Waals surface area contributed by atoms with Crippen LogP contribution in [0.1, 0.15) is 35.2 Å². The Hall–Kier alpha value is -2.44. The molecule has 2 rings (SSSR count). The number of rotatable bonds is 3. The van der Waals surface area contributed by atoms with Gasteiger partial charge in [-0.2, -0.15) is 0 Å². The van der Waals surface area contributed by atoms with E-state index in [4.69, 9.17) is 0 Å². The average molecular weight is 292 g/mol. The van der Waals surface area contributed by atoms with Crippen molar-refractivity contribution in [1.82, 2.24) is 4.90 Å². The predicted molar refractivity (Wildman–Crippen MR) is 74.1 cm³/mol. The fraction of sp³-hybridized carbons (Fsp3) is 0.429. The van der Waals surface area contributed by atoms with Gasteiger partial charge in [0.2, 0.25) is 0 Å². The molecule has 1 amide bonds. The summed E-state index contributed by atoms with van der Waals surface area (Å²) in [6, 6.07) is 3.28. The zero-order valence-electron chi connectivity index (χ0n) is 11.6. The normalized spacial score (nSPS) is 18.3. The Morgan fingerprint density at radius 3 is 2.67 bits per heavy atom. The lowest BCUT2D eigenvalue weighted by molar-refractivity contribution is -0.385. The SMILES string of the molecule is Cc1cc(C(=O)N2CCCC[C@H]2C(=O)O)ccc1[N+](=O)[O-]. The van der Waals surface area contributed by atoms with E-state index < -0.39 is 16.9 Å². The molecule has 0 aliphatic carbocycles. The molecule has 1 aliphatic rings. The number of aliphatic carboxylic acids is 1. The van der Waals surface area contributed by atoms with E-state index >= 15 is 0 Å². The molecule has 0 unspecified atom stereocenters. The summed E-state index contributed by atoms with van der Waals surface area (Å²) in [5.74, 6) is -1.40. The number of piperidine rings is 1. The number of carboxylic acid groups (broad SMARTS) is 1. The minimum atomic E-state index is -1.01. The van der Waals surface area contributed by atoms with E-state index in [2.05, 4.69) is 0 Å². The number of carbonyl (C=O) groups excluding carboxylic acids is 1. The van der Waals surface area contributed by atoms with Gasteiger partial charge in [0.1, 0.15) is 6.04 Å². The fourth-order valence-corrected chi connectivity index (χ4v) is 2.59. The third kappa shape index (κ3) is 3.01. The Balaban J connectivity index is 2.28. The molecule has 0 saturated carbocycles. The van der Waals surface area contributed by atoms with E-state index in [9.17, 15) is 24.8 Å². The van der Waals surface area contributed by atoms with Crippen LogP contribution in [0.4, 0.5) is 5.69 Å². The maximum Gasteiger partial charge on any atom is 0.326 e. The molecule has 7 nitrogen and oxygen atoms in total.